The Morgan fingerprint density at radius 2 is 2.33 bits per heavy atom. The monoisotopic (exact) mass is 165 g/mol. The normalized spacial score (nSPS) is 9.83. The van der Waals surface area contributed by atoms with Gasteiger partial charge in [0.2, 0.25) is 0 Å². The SMILES string of the molecule is CCCOc1cccc([CH]O)c1. The Kier molecular flexibility index (Phi) is 3.61. The number of aliphatic hydroxyl groups is 1. The third-order valence-corrected chi connectivity index (χ3v) is 1.48. The summed E-state index contributed by atoms with van der Waals surface area (Å²) >= 11 is 0. The molecule has 0 saturated carbocycles. The summed E-state index contributed by atoms with van der Waals surface area (Å²) in [6.45, 7) is 3.84. The third-order valence-electron chi connectivity index (χ3n) is 1.48. The van der Waals surface area contributed by atoms with Crippen LogP contribution in [-0.2, 0) is 0 Å². The van der Waals surface area contributed by atoms with Crippen LogP contribution in [0.2, 0.25) is 0 Å². The van der Waals surface area contributed by atoms with Gasteiger partial charge >= 0.3 is 0 Å². The molecule has 65 valence electrons. The minimum atomic E-state index is 0.717. The molecule has 2 nitrogen and oxygen atoms in total. The van der Waals surface area contributed by atoms with Crippen LogP contribution >= 0.6 is 0 Å². The molecule has 0 atom stereocenters. The van der Waals surface area contributed by atoms with Gasteiger partial charge in [0.05, 0.1) is 6.61 Å². The highest BCUT2D eigenvalue weighted by Gasteiger charge is 1.94. The molecule has 0 heterocycles. The van der Waals surface area contributed by atoms with Crippen LogP contribution in [0.15, 0.2) is 24.3 Å². The molecule has 1 rings (SSSR count). The van der Waals surface area contributed by atoms with Crippen molar-refractivity contribution < 1.29 is 9.84 Å². The van der Waals surface area contributed by atoms with Gasteiger partial charge in [-0.3, -0.25) is 0 Å². The molecule has 0 amide bonds. The predicted molar refractivity (Wildman–Crippen MR) is 47.6 cm³/mol. The largest absolute Gasteiger partial charge is 0.494 e. The van der Waals surface area contributed by atoms with Gasteiger partial charge in [0.1, 0.15) is 12.4 Å². The molecule has 1 N–H and O–H groups in total. The number of aliphatic hydroxyl groups excluding tert-OH is 1. The number of hydrogen-bond donors (Lipinski definition) is 1. The second kappa shape index (κ2) is 4.78. The molecule has 0 aromatic heterocycles. The molecule has 1 aromatic rings. The average molecular weight is 165 g/mol. The van der Waals surface area contributed by atoms with Crippen molar-refractivity contribution in [1.82, 2.24) is 0 Å². The topological polar surface area (TPSA) is 29.5 Å². The first kappa shape index (κ1) is 9.07. The van der Waals surface area contributed by atoms with Gasteiger partial charge in [-0.15, -0.1) is 0 Å². The summed E-state index contributed by atoms with van der Waals surface area (Å²) in [7, 11) is 0. The summed E-state index contributed by atoms with van der Waals surface area (Å²) in [5, 5.41) is 8.71. The Morgan fingerprint density at radius 1 is 1.50 bits per heavy atom. The fourth-order valence-electron chi connectivity index (χ4n) is 0.905. The molecule has 0 aliphatic rings. The van der Waals surface area contributed by atoms with E-state index in [1.54, 1.807) is 6.07 Å². The van der Waals surface area contributed by atoms with E-state index < -0.39 is 0 Å². The van der Waals surface area contributed by atoms with E-state index in [9.17, 15) is 0 Å². The average Bonchev–Trinajstić information content (AvgIpc) is 2.15. The van der Waals surface area contributed by atoms with Crippen LogP contribution in [0.5, 0.6) is 5.75 Å². The summed E-state index contributed by atoms with van der Waals surface area (Å²) in [4.78, 5) is 0. The van der Waals surface area contributed by atoms with E-state index in [1.807, 2.05) is 18.2 Å². The van der Waals surface area contributed by atoms with E-state index >= 15 is 0 Å². The van der Waals surface area contributed by atoms with Crippen LogP contribution < -0.4 is 4.74 Å². The quantitative estimate of drug-likeness (QED) is 0.742. The number of rotatable bonds is 4. The number of ether oxygens (including phenoxy) is 1. The Hall–Kier alpha value is -1.02. The Balaban J connectivity index is 2.60. The summed E-state index contributed by atoms with van der Waals surface area (Å²) in [5.41, 5.74) is 0.767. The lowest BCUT2D eigenvalue weighted by Crippen LogP contribution is -1.95. The van der Waals surface area contributed by atoms with E-state index in [-0.39, 0.29) is 0 Å². The van der Waals surface area contributed by atoms with Gasteiger partial charge in [0.25, 0.3) is 0 Å². The Morgan fingerprint density at radius 3 is 3.00 bits per heavy atom. The van der Waals surface area contributed by atoms with Gasteiger partial charge in [-0.25, -0.2) is 0 Å². The van der Waals surface area contributed by atoms with Crippen LogP contribution in [0.25, 0.3) is 0 Å². The highest BCUT2D eigenvalue weighted by atomic mass is 16.5. The van der Waals surface area contributed by atoms with Crippen LogP contribution in [0.1, 0.15) is 18.9 Å². The molecule has 1 aromatic carbocycles. The van der Waals surface area contributed by atoms with E-state index in [0.717, 1.165) is 30.9 Å². The zero-order valence-corrected chi connectivity index (χ0v) is 7.16. The molecule has 12 heavy (non-hydrogen) atoms. The summed E-state index contributed by atoms with van der Waals surface area (Å²) < 4.78 is 5.37. The van der Waals surface area contributed by atoms with Gasteiger partial charge in [-0.2, -0.15) is 0 Å². The maximum absolute atomic E-state index is 8.71. The van der Waals surface area contributed by atoms with Crippen LogP contribution in [0, 0.1) is 6.61 Å². The van der Waals surface area contributed by atoms with Crippen LogP contribution in [-0.4, -0.2) is 11.7 Å². The van der Waals surface area contributed by atoms with Gasteiger partial charge in [-0.05, 0) is 24.1 Å². The molecular formula is C10H13O2. The standard InChI is InChI=1S/C10H13O2/c1-2-6-12-10-5-3-4-9(7-10)8-11/h3-5,7-8,11H,2,6H2,1H3. The van der Waals surface area contributed by atoms with Crippen molar-refractivity contribution in [2.45, 2.75) is 13.3 Å². The van der Waals surface area contributed by atoms with E-state index in [2.05, 4.69) is 6.92 Å². The molecule has 0 saturated heterocycles. The molecule has 0 unspecified atom stereocenters. The zero-order valence-electron chi connectivity index (χ0n) is 7.16. The molecule has 1 radical (unpaired) electrons. The molecule has 0 bridgehead atoms. The second-order valence-electron chi connectivity index (χ2n) is 2.55. The minimum Gasteiger partial charge on any atom is -0.494 e. The highest BCUT2D eigenvalue weighted by molar-refractivity contribution is 5.31. The number of benzene rings is 1. The van der Waals surface area contributed by atoms with Crippen LogP contribution in [0.3, 0.4) is 0 Å². The predicted octanol–water partition coefficient (Wildman–Crippen LogP) is 2.36. The van der Waals surface area contributed by atoms with E-state index in [0.29, 0.717) is 0 Å². The molecule has 0 fully saturated rings. The molecule has 0 spiro atoms. The van der Waals surface area contributed by atoms with Crippen molar-refractivity contribution >= 4 is 0 Å². The first-order valence-corrected chi connectivity index (χ1v) is 4.07. The first-order valence-electron chi connectivity index (χ1n) is 4.07. The summed E-state index contributed by atoms with van der Waals surface area (Å²) in [6.07, 6.45) is 0.993. The fourth-order valence-corrected chi connectivity index (χ4v) is 0.905. The minimum absolute atomic E-state index is 0.717. The van der Waals surface area contributed by atoms with Crippen molar-refractivity contribution in [3.63, 3.8) is 0 Å². The van der Waals surface area contributed by atoms with Crippen LogP contribution in [0.4, 0.5) is 0 Å². The lowest BCUT2D eigenvalue weighted by molar-refractivity contribution is 0.316. The van der Waals surface area contributed by atoms with E-state index in [4.69, 9.17) is 9.84 Å². The lowest BCUT2D eigenvalue weighted by atomic mass is 10.2. The second-order valence-corrected chi connectivity index (χ2v) is 2.55. The Bertz CT molecular complexity index is 233. The van der Waals surface area contributed by atoms with Gasteiger partial charge in [-0.1, -0.05) is 19.1 Å². The third kappa shape index (κ3) is 2.55. The van der Waals surface area contributed by atoms with Crippen molar-refractivity contribution in [3.8, 4) is 5.75 Å². The molecule has 2 heteroatoms. The number of hydrogen-bond acceptors (Lipinski definition) is 2. The van der Waals surface area contributed by atoms with Gasteiger partial charge in [0, 0.05) is 0 Å². The Labute approximate surface area is 72.8 Å². The van der Waals surface area contributed by atoms with E-state index in [1.165, 1.54) is 0 Å². The maximum Gasteiger partial charge on any atom is 0.119 e. The van der Waals surface area contributed by atoms with Gasteiger partial charge < -0.3 is 9.84 Å². The molecular weight excluding hydrogens is 152 g/mol. The maximum atomic E-state index is 8.71. The zero-order chi connectivity index (χ0) is 8.81. The van der Waals surface area contributed by atoms with Crippen molar-refractivity contribution in [3.05, 3.63) is 36.4 Å². The fraction of sp³-hybridized carbons (Fsp3) is 0.300. The van der Waals surface area contributed by atoms with Crippen molar-refractivity contribution in [2.24, 2.45) is 0 Å². The lowest BCUT2D eigenvalue weighted by Gasteiger charge is -2.04. The smallest absolute Gasteiger partial charge is 0.119 e. The molecule has 0 aliphatic heterocycles. The summed E-state index contributed by atoms with van der Waals surface area (Å²) in [6, 6.07) is 7.35. The first-order chi connectivity index (χ1) is 5.86. The van der Waals surface area contributed by atoms with Gasteiger partial charge in [0.15, 0.2) is 0 Å². The summed E-state index contributed by atoms with van der Waals surface area (Å²) in [5.74, 6) is 0.805. The van der Waals surface area contributed by atoms with Crippen molar-refractivity contribution in [1.29, 1.82) is 0 Å². The highest BCUT2D eigenvalue weighted by Crippen LogP contribution is 2.13. The molecule has 0 aliphatic carbocycles. The van der Waals surface area contributed by atoms with Crippen molar-refractivity contribution in [2.75, 3.05) is 6.61 Å².